The van der Waals surface area contributed by atoms with Crippen molar-refractivity contribution in [1.82, 2.24) is 0 Å². The molecule has 0 unspecified atom stereocenters. The molecule has 2 aromatic heterocycles. The molecule has 3 aliphatic rings. The molecule has 1 aliphatic heterocycles. The van der Waals surface area contributed by atoms with E-state index < -0.39 is 0 Å². The molecule has 0 spiro atoms. The fraction of sp³-hybridized carbons (Fsp3) is 0.300. The molecule has 65 heavy (non-hydrogen) atoms. The number of furan rings is 1. The van der Waals surface area contributed by atoms with Gasteiger partial charge in [-0.1, -0.05) is 122 Å². The molecule has 0 amide bonds. The zero-order valence-corrected chi connectivity index (χ0v) is 40.6. The normalized spacial score (nSPS) is 17.7. The maximum absolute atomic E-state index is 7.31. The minimum atomic E-state index is 0.0554. The molecule has 2 aliphatic carbocycles. The molecule has 0 bridgehead atoms. The summed E-state index contributed by atoms with van der Waals surface area (Å²) in [6, 6.07) is 44.0. The Morgan fingerprint density at radius 3 is 1.94 bits per heavy atom. The van der Waals surface area contributed by atoms with Crippen LogP contribution in [0.15, 0.2) is 120 Å². The third-order valence-electron chi connectivity index (χ3n) is 16.2. The van der Waals surface area contributed by atoms with Crippen molar-refractivity contribution < 1.29 is 4.42 Å². The Kier molecular flexibility index (Phi) is 8.69. The summed E-state index contributed by atoms with van der Waals surface area (Å²) in [5.74, 6) is 0. The van der Waals surface area contributed by atoms with Gasteiger partial charge in [0.05, 0.1) is 11.3 Å². The van der Waals surface area contributed by atoms with Gasteiger partial charge in [-0.2, -0.15) is 0 Å². The first-order chi connectivity index (χ1) is 31.0. The fourth-order valence-electron chi connectivity index (χ4n) is 12.1. The van der Waals surface area contributed by atoms with Gasteiger partial charge >= 0.3 is 0 Å². The van der Waals surface area contributed by atoms with Crippen molar-refractivity contribution in [2.24, 2.45) is 0 Å². The number of anilines is 5. The largest absolute Gasteiger partial charge is 0.469 e. The first-order valence-corrected chi connectivity index (χ1v) is 24.7. The van der Waals surface area contributed by atoms with Gasteiger partial charge in [0.15, 0.2) is 0 Å². The van der Waals surface area contributed by atoms with Crippen LogP contribution >= 0.6 is 11.3 Å². The van der Waals surface area contributed by atoms with Gasteiger partial charge in [-0.15, -0.1) is 11.3 Å². The number of nitrogens with zero attached hydrogens (tertiary/aromatic N) is 1. The summed E-state index contributed by atoms with van der Waals surface area (Å²) in [5, 5.41) is 10.3. The maximum atomic E-state index is 7.31. The molecular formula is C60H59BN2OS. The van der Waals surface area contributed by atoms with E-state index in [2.05, 4.69) is 195 Å². The molecule has 0 fully saturated rings. The van der Waals surface area contributed by atoms with E-state index in [4.69, 9.17) is 4.42 Å². The fourth-order valence-corrected chi connectivity index (χ4v) is 13.3. The SMILES string of the molecule is Cc1cc(-c2c(Nc3cccc4sc5ccccc5c34)ccc3ccccc23)c2c(c1)N(c1cc3c(cc1C)C(C)(C)CCC3(C)C)c1c(oc3cc4c(cc13)C(C)(C)CCC4(C)C)B2. The van der Waals surface area contributed by atoms with Crippen LogP contribution in [-0.2, 0) is 21.7 Å². The number of thiophene rings is 1. The lowest BCUT2D eigenvalue weighted by atomic mass is 9.60. The Morgan fingerprint density at radius 2 is 1.20 bits per heavy atom. The van der Waals surface area contributed by atoms with E-state index in [9.17, 15) is 0 Å². The molecule has 0 radical (unpaired) electrons. The quantitative estimate of drug-likeness (QED) is 0.179. The molecule has 9 aromatic rings. The van der Waals surface area contributed by atoms with Crippen LogP contribution in [0.1, 0.15) is 114 Å². The van der Waals surface area contributed by atoms with E-state index in [1.54, 1.807) is 0 Å². The van der Waals surface area contributed by atoms with Gasteiger partial charge in [0, 0.05) is 53.9 Å². The summed E-state index contributed by atoms with van der Waals surface area (Å²) in [6.07, 6.45) is 4.68. The standard InChI is InChI=1S/C60H59BN2OS/c1-34-28-40(52-37-17-12-11-16-36(37)22-23-46(52)62-45-19-15-21-51-53(45)38-18-13-14-20-50(38)65-51)54-48(29-34)63(47-32-43-41(30-35(47)2)57(3,4)24-26-59(43,7)8)55-39-31-42-44(33-49(39)64-56(55)61-54)60(9,10)27-25-58(42,5)6/h11-23,28-33,61-62H,24-27H2,1-10H3. The summed E-state index contributed by atoms with van der Waals surface area (Å²) in [5.41, 5.74) is 20.4. The van der Waals surface area contributed by atoms with Gasteiger partial charge in [-0.25, -0.2) is 0 Å². The van der Waals surface area contributed by atoms with Crippen LogP contribution < -0.4 is 21.3 Å². The van der Waals surface area contributed by atoms with Gasteiger partial charge in [0.1, 0.15) is 5.58 Å². The lowest BCUT2D eigenvalue weighted by Gasteiger charge is -2.43. The van der Waals surface area contributed by atoms with Crippen molar-refractivity contribution in [1.29, 1.82) is 0 Å². The summed E-state index contributed by atoms with van der Waals surface area (Å²) >= 11 is 1.86. The summed E-state index contributed by atoms with van der Waals surface area (Å²) in [4.78, 5) is 2.63. The number of rotatable bonds is 4. The Labute approximate surface area is 389 Å². The Morgan fingerprint density at radius 1 is 0.569 bits per heavy atom. The highest BCUT2D eigenvalue weighted by Crippen LogP contribution is 2.53. The lowest BCUT2D eigenvalue weighted by Crippen LogP contribution is -2.40. The highest BCUT2D eigenvalue weighted by atomic mass is 32.1. The van der Waals surface area contributed by atoms with Crippen molar-refractivity contribution in [3.05, 3.63) is 149 Å². The number of aryl methyl sites for hydroxylation is 2. The second kappa shape index (κ2) is 13.9. The van der Waals surface area contributed by atoms with Crippen LogP contribution in [0, 0.1) is 13.8 Å². The molecule has 1 N–H and O–H groups in total. The topological polar surface area (TPSA) is 28.4 Å². The van der Waals surface area contributed by atoms with Crippen molar-refractivity contribution in [3.63, 3.8) is 0 Å². The van der Waals surface area contributed by atoms with E-state index in [-0.39, 0.29) is 21.7 Å². The average Bonchev–Trinajstić information content (AvgIpc) is 3.84. The van der Waals surface area contributed by atoms with Crippen LogP contribution in [0.5, 0.6) is 0 Å². The molecule has 0 saturated heterocycles. The van der Waals surface area contributed by atoms with E-state index in [0.29, 0.717) is 7.28 Å². The zero-order valence-electron chi connectivity index (χ0n) is 39.8. The third kappa shape index (κ3) is 6.13. The monoisotopic (exact) mass is 866 g/mol. The van der Waals surface area contributed by atoms with Crippen LogP contribution in [0.3, 0.4) is 0 Å². The number of hydrogen-bond donors (Lipinski definition) is 1. The van der Waals surface area contributed by atoms with E-state index >= 15 is 0 Å². The van der Waals surface area contributed by atoms with E-state index in [1.165, 1.54) is 116 Å². The molecule has 3 nitrogen and oxygen atoms in total. The molecule has 12 rings (SSSR count). The lowest BCUT2D eigenvalue weighted by molar-refractivity contribution is 0.332. The van der Waals surface area contributed by atoms with Crippen molar-refractivity contribution in [2.75, 3.05) is 10.2 Å². The van der Waals surface area contributed by atoms with Gasteiger partial charge in [-0.05, 0) is 165 Å². The van der Waals surface area contributed by atoms with Crippen LogP contribution in [0.25, 0.3) is 53.0 Å². The maximum Gasteiger partial charge on any atom is 0.244 e. The average molecular weight is 867 g/mol. The first-order valence-electron chi connectivity index (χ1n) is 23.9. The molecule has 5 heteroatoms. The molecular weight excluding hydrogens is 808 g/mol. The number of benzene rings is 7. The van der Waals surface area contributed by atoms with Gasteiger partial charge in [-0.3, -0.25) is 0 Å². The van der Waals surface area contributed by atoms with Gasteiger partial charge in [0.2, 0.25) is 7.28 Å². The Balaban J connectivity index is 1.14. The van der Waals surface area contributed by atoms with Gasteiger partial charge in [0.25, 0.3) is 0 Å². The molecule has 0 atom stereocenters. The molecule has 7 aromatic carbocycles. The van der Waals surface area contributed by atoms with Gasteiger partial charge < -0.3 is 14.6 Å². The molecule has 0 saturated carbocycles. The number of nitrogens with one attached hydrogen (secondary N) is 1. The second-order valence-electron chi connectivity index (χ2n) is 22.4. The predicted octanol–water partition coefficient (Wildman–Crippen LogP) is 15.8. The number of hydrogen-bond acceptors (Lipinski definition) is 4. The minimum absolute atomic E-state index is 0.0554. The Bertz CT molecular complexity index is 3490. The summed E-state index contributed by atoms with van der Waals surface area (Å²) in [7, 11) is 0.693. The highest BCUT2D eigenvalue weighted by Gasteiger charge is 2.42. The molecule has 3 heterocycles. The zero-order chi connectivity index (χ0) is 44.9. The second-order valence-corrected chi connectivity index (χ2v) is 23.5. The van der Waals surface area contributed by atoms with Crippen molar-refractivity contribution in [3.8, 4) is 11.1 Å². The summed E-state index contributed by atoms with van der Waals surface area (Å²) < 4.78 is 9.91. The van der Waals surface area contributed by atoms with Crippen LogP contribution in [-0.4, -0.2) is 7.28 Å². The third-order valence-corrected chi connectivity index (χ3v) is 17.3. The highest BCUT2D eigenvalue weighted by molar-refractivity contribution is 7.26. The van der Waals surface area contributed by atoms with Crippen LogP contribution in [0.2, 0.25) is 0 Å². The van der Waals surface area contributed by atoms with Crippen LogP contribution in [0.4, 0.5) is 28.4 Å². The Hall–Kier alpha value is -5.78. The summed E-state index contributed by atoms with van der Waals surface area (Å²) in [6.45, 7) is 24.1. The minimum Gasteiger partial charge on any atom is -0.469 e. The van der Waals surface area contributed by atoms with E-state index in [1.807, 2.05) is 11.3 Å². The smallest absolute Gasteiger partial charge is 0.244 e. The molecule has 324 valence electrons. The van der Waals surface area contributed by atoms with Crippen molar-refractivity contribution in [2.45, 2.75) is 117 Å². The van der Waals surface area contributed by atoms with Crippen molar-refractivity contribution >= 4 is 100 Å². The predicted molar refractivity (Wildman–Crippen MR) is 283 cm³/mol. The number of fused-ring (bicyclic) bond motifs is 10. The van der Waals surface area contributed by atoms with E-state index in [0.717, 1.165) is 35.5 Å². The first kappa shape index (κ1) is 40.7.